The zero-order valence-corrected chi connectivity index (χ0v) is 8.78. The Balaban J connectivity index is 1.97. The van der Waals surface area contributed by atoms with Crippen LogP contribution in [0.25, 0.3) is 0 Å². The lowest BCUT2D eigenvalue weighted by Crippen LogP contribution is -2.24. The summed E-state index contributed by atoms with van der Waals surface area (Å²) >= 11 is 0. The minimum atomic E-state index is -0.484. The van der Waals surface area contributed by atoms with Gasteiger partial charge >= 0.3 is 0 Å². The number of nitrogens with zero attached hydrogens (tertiary/aromatic N) is 1. The van der Waals surface area contributed by atoms with Gasteiger partial charge in [0.25, 0.3) is 0 Å². The Morgan fingerprint density at radius 2 is 2.12 bits per heavy atom. The number of rotatable bonds is 4. The van der Waals surface area contributed by atoms with Crippen LogP contribution in [0.2, 0.25) is 0 Å². The first kappa shape index (κ1) is 10.9. The maximum Gasteiger partial charge on any atom is 0.188 e. The van der Waals surface area contributed by atoms with Crippen molar-refractivity contribution >= 4 is 11.6 Å². The molecule has 0 bridgehead atoms. The number of hydrogen-bond donors (Lipinski definition) is 0. The van der Waals surface area contributed by atoms with E-state index in [9.17, 15) is 14.0 Å². The minimum absolute atomic E-state index is 0.0117. The summed E-state index contributed by atoms with van der Waals surface area (Å²) in [5.41, 5.74) is 0.161. The van der Waals surface area contributed by atoms with E-state index in [0.717, 1.165) is 25.5 Å². The second-order valence-electron chi connectivity index (χ2n) is 4.06. The van der Waals surface area contributed by atoms with Crippen LogP contribution in [0.4, 0.5) is 4.39 Å². The lowest BCUT2D eigenvalue weighted by molar-refractivity contribution is -0.124. The molecule has 1 aliphatic carbocycles. The largest absolute Gasteiger partial charge is 0.299 e. The molecule has 1 heterocycles. The predicted octanol–water partition coefficient (Wildman–Crippen LogP) is 2.16. The number of halogens is 1. The summed E-state index contributed by atoms with van der Waals surface area (Å²) in [6.07, 6.45) is 3.73. The Morgan fingerprint density at radius 1 is 1.38 bits per heavy atom. The van der Waals surface area contributed by atoms with E-state index in [1.807, 2.05) is 0 Å². The highest BCUT2D eigenvalue weighted by Gasteiger charge is 2.27. The number of ketones is 2. The van der Waals surface area contributed by atoms with E-state index >= 15 is 0 Å². The summed E-state index contributed by atoms with van der Waals surface area (Å²) in [6, 6.07) is 2.49. The maximum atomic E-state index is 12.6. The third-order valence-electron chi connectivity index (χ3n) is 2.91. The zero-order chi connectivity index (χ0) is 11.5. The fourth-order valence-corrected chi connectivity index (χ4v) is 1.66. The standard InChI is InChI=1S/C12H12FNO2/c13-9-4-5-10(14-7-9)12(16)6-11(15)8-2-1-3-8/h4-5,7-8H,1-3,6H2. The summed E-state index contributed by atoms with van der Waals surface area (Å²) in [5, 5.41) is 0. The van der Waals surface area contributed by atoms with E-state index < -0.39 is 5.82 Å². The van der Waals surface area contributed by atoms with Crippen LogP contribution in [0.1, 0.15) is 36.2 Å². The molecule has 4 heteroatoms. The van der Waals surface area contributed by atoms with Crippen molar-refractivity contribution in [3.8, 4) is 0 Å². The number of carbonyl (C=O) groups excluding carboxylic acids is 2. The third kappa shape index (κ3) is 2.32. The first-order valence-electron chi connectivity index (χ1n) is 5.34. The molecular formula is C12H12FNO2. The molecule has 0 aromatic carbocycles. The molecule has 1 aliphatic rings. The number of pyridine rings is 1. The van der Waals surface area contributed by atoms with Crippen LogP contribution >= 0.6 is 0 Å². The van der Waals surface area contributed by atoms with Gasteiger partial charge in [-0.15, -0.1) is 0 Å². The highest BCUT2D eigenvalue weighted by molar-refractivity contribution is 6.07. The monoisotopic (exact) mass is 221 g/mol. The van der Waals surface area contributed by atoms with Crippen molar-refractivity contribution < 1.29 is 14.0 Å². The molecule has 1 aromatic rings. The highest BCUT2D eigenvalue weighted by Crippen LogP contribution is 2.28. The van der Waals surface area contributed by atoms with Crippen LogP contribution in [0.5, 0.6) is 0 Å². The molecule has 1 fully saturated rings. The molecule has 0 amide bonds. The third-order valence-corrected chi connectivity index (χ3v) is 2.91. The van der Waals surface area contributed by atoms with Gasteiger partial charge in [0.15, 0.2) is 5.78 Å². The molecule has 0 radical (unpaired) electrons. The van der Waals surface area contributed by atoms with Crippen molar-refractivity contribution in [2.24, 2.45) is 5.92 Å². The van der Waals surface area contributed by atoms with Crippen molar-refractivity contribution in [2.45, 2.75) is 25.7 Å². The normalized spacial score (nSPS) is 15.6. The second-order valence-corrected chi connectivity index (χ2v) is 4.06. The second kappa shape index (κ2) is 4.51. The SMILES string of the molecule is O=C(CC(=O)C1CCC1)c1ccc(F)cn1. The first-order valence-corrected chi connectivity index (χ1v) is 5.34. The van der Waals surface area contributed by atoms with Gasteiger partial charge in [0, 0.05) is 5.92 Å². The number of aromatic nitrogens is 1. The molecule has 84 valence electrons. The van der Waals surface area contributed by atoms with Crippen LogP contribution in [0.15, 0.2) is 18.3 Å². The van der Waals surface area contributed by atoms with Gasteiger partial charge < -0.3 is 0 Å². The molecule has 1 saturated carbocycles. The van der Waals surface area contributed by atoms with Gasteiger partial charge in [-0.1, -0.05) is 6.42 Å². The quantitative estimate of drug-likeness (QED) is 0.578. The fraction of sp³-hybridized carbons (Fsp3) is 0.417. The Morgan fingerprint density at radius 3 is 2.62 bits per heavy atom. The van der Waals surface area contributed by atoms with Gasteiger partial charge in [0.2, 0.25) is 0 Å². The molecule has 0 aliphatic heterocycles. The van der Waals surface area contributed by atoms with Gasteiger partial charge in [-0.05, 0) is 25.0 Å². The topological polar surface area (TPSA) is 47.0 Å². The van der Waals surface area contributed by atoms with Crippen molar-refractivity contribution in [2.75, 3.05) is 0 Å². The molecule has 3 nitrogen and oxygen atoms in total. The lowest BCUT2D eigenvalue weighted by Gasteiger charge is -2.23. The molecule has 0 unspecified atom stereocenters. The van der Waals surface area contributed by atoms with E-state index in [2.05, 4.69) is 4.98 Å². The van der Waals surface area contributed by atoms with E-state index in [4.69, 9.17) is 0 Å². The molecular weight excluding hydrogens is 209 g/mol. The van der Waals surface area contributed by atoms with Crippen molar-refractivity contribution in [3.05, 3.63) is 29.8 Å². The van der Waals surface area contributed by atoms with Gasteiger partial charge in [0.1, 0.15) is 17.3 Å². The molecule has 16 heavy (non-hydrogen) atoms. The molecule has 0 saturated heterocycles. The van der Waals surface area contributed by atoms with Crippen LogP contribution in [-0.4, -0.2) is 16.6 Å². The smallest absolute Gasteiger partial charge is 0.188 e. The Bertz CT molecular complexity index is 410. The molecule has 0 N–H and O–H groups in total. The average molecular weight is 221 g/mol. The van der Waals surface area contributed by atoms with Gasteiger partial charge in [-0.25, -0.2) is 4.39 Å². The van der Waals surface area contributed by atoms with E-state index in [1.165, 1.54) is 12.1 Å². The average Bonchev–Trinajstić information content (AvgIpc) is 2.15. The van der Waals surface area contributed by atoms with Gasteiger partial charge in [-0.3, -0.25) is 14.6 Å². The summed E-state index contributed by atoms with van der Waals surface area (Å²) in [4.78, 5) is 26.8. The van der Waals surface area contributed by atoms with Crippen LogP contribution in [0.3, 0.4) is 0 Å². The van der Waals surface area contributed by atoms with Crippen LogP contribution < -0.4 is 0 Å². The van der Waals surface area contributed by atoms with Gasteiger partial charge in [-0.2, -0.15) is 0 Å². The van der Waals surface area contributed by atoms with Gasteiger partial charge in [0.05, 0.1) is 12.6 Å². The molecule has 0 spiro atoms. The summed E-state index contributed by atoms with van der Waals surface area (Å²) < 4.78 is 12.6. The molecule has 1 aromatic heterocycles. The maximum absolute atomic E-state index is 12.6. The zero-order valence-electron chi connectivity index (χ0n) is 8.78. The summed E-state index contributed by atoms with van der Waals surface area (Å²) in [5.74, 6) is -0.759. The summed E-state index contributed by atoms with van der Waals surface area (Å²) in [6.45, 7) is 0. The first-order chi connectivity index (χ1) is 7.66. The van der Waals surface area contributed by atoms with E-state index in [-0.39, 0.29) is 29.6 Å². The number of hydrogen-bond acceptors (Lipinski definition) is 3. The van der Waals surface area contributed by atoms with Crippen molar-refractivity contribution in [1.29, 1.82) is 0 Å². The highest BCUT2D eigenvalue weighted by atomic mass is 19.1. The predicted molar refractivity (Wildman–Crippen MR) is 55.5 cm³/mol. The number of carbonyl (C=O) groups is 2. The van der Waals surface area contributed by atoms with Crippen molar-refractivity contribution in [1.82, 2.24) is 4.98 Å². The Labute approximate surface area is 92.7 Å². The summed E-state index contributed by atoms with van der Waals surface area (Å²) in [7, 11) is 0. The van der Waals surface area contributed by atoms with E-state index in [1.54, 1.807) is 0 Å². The van der Waals surface area contributed by atoms with Crippen molar-refractivity contribution in [3.63, 3.8) is 0 Å². The van der Waals surface area contributed by atoms with Crippen LogP contribution in [0, 0.1) is 11.7 Å². The Kier molecular flexibility index (Phi) is 3.08. The fourth-order valence-electron chi connectivity index (χ4n) is 1.66. The molecule has 2 rings (SSSR count). The molecule has 0 atom stereocenters. The number of Topliss-reactive ketones (excluding diaryl/α,β-unsaturated/α-hetero) is 2. The lowest BCUT2D eigenvalue weighted by atomic mass is 9.80. The minimum Gasteiger partial charge on any atom is -0.299 e. The van der Waals surface area contributed by atoms with E-state index in [0.29, 0.717) is 0 Å². The Hall–Kier alpha value is -1.58. The van der Waals surface area contributed by atoms with Crippen LogP contribution in [-0.2, 0) is 4.79 Å².